The number of carboxylic acids is 1. The van der Waals surface area contributed by atoms with Crippen molar-refractivity contribution in [2.24, 2.45) is 5.92 Å². The third kappa shape index (κ3) is 2.75. The van der Waals surface area contributed by atoms with Crippen LogP contribution in [0.15, 0.2) is 12.1 Å². The molecule has 1 aliphatic carbocycles. The average molecular weight is 234 g/mol. The van der Waals surface area contributed by atoms with E-state index in [0.717, 1.165) is 24.7 Å². The van der Waals surface area contributed by atoms with Crippen molar-refractivity contribution in [1.82, 2.24) is 4.98 Å². The Morgan fingerprint density at radius 1 is 1.53 bits per heavy atom. The Kier molecular flexibility index (Phi) is 3.31. The molecular weight excluding hydrogens is 216 g/mol. The first-order chi connectivity index (χ1) is 8.11. The predicted octanol–water partition coefficient (Wildman–Crippen LogP) is 2.32. The van der Waals surface area contributed by atoms with Gasteiger partial charge in [0.15, 0.2) is 0 Å². The molecule has 0 aromatic carbocycles. The summed E-state index contributed by atoms with van der Waals surface area (Å²) in [6.45, 7) is 5.65. The van der Waals surface area contributed by atoms with Gasteiger partial charge in [0.05, 0.1) is 0 Å². The summed E-state index contributed by atoms with van der Waals surface area (Å²) in [4.78, 5) is 17.7. The molecule has 1 saturated carbocycles. The number of hydrogen-bond acceptors (Lipinski definition) is 3. The summed E-state index contributed by atoms with van der Waals surface area (Å²) in [6, 6.07) is 3.40. The van der Waals surface area contributed by atoms with Crippen LogP contribution in [0, 0.1) is 12.8 Å². The van der Waals surface area contributed by atoms with Crippen molar-refractivity contribution in [3.05, 3.63) is 23.4 Å². The third-order valence-electron chi connectivity index (χ3n) is 3.10. The van der Waals surface area contributed by atoms with Crippen LogP contribution < -0.4 is 4.90 Å². The molecule has 1 fully saturated rings. The lowest BCUT2D eigenvalue weighted by Crippen LogP contribution is -2.28. The highest BCUT2D eigenvalue weighted by molar-refractivity contribution is 5.93. The summed E-state index contributed by atoms with van der Waals surface area (Å²) in [5.41, 5.74) is 1.16. The molecule has 1 aliphatic rings. The van der Waals surface area contributed by atoms with Crippen molar-refractivity contribution in [1.29, 1.82) is 0 Å². The second-order valence-corrected chi connectivity index (χ2v) is 4.61. The van der Waals surface area contributed by atoms with Crippen LogP contribution in [-0.2, 0) is 0 Å². The molecule has 1 aromatic heterocycles. The van der Waals surface area contributed by atoms with Gasteiger partial charge in [-0.15, -0.1) is 0 Å². The van der Waals surface area contributed by atoms with E-state index in [9.17, 15) is 9.90 Å². The molecule has 2 rings (SSSR count). The van der Waals surface area contributed by atoms with E-state index in [1.54, 1.807) is 12.1 Å². The maximum absolute atomic E-state index is 11.2. The Hall–Kier alpha value is -1.58. The maximum Gasteiger partial charge on any atom is 0.339 e. The van der Waals surface area contributed by atoms with Gasteiger partial charge in [0.1, 0.15) is 11.4 Å². The number of aryl methyl sites for hydroxylation is 1. The van der Waals surface area contributed by atoms with Crippen LogP contribution in [0.3, 0.4) is 0 Å². The number of carbonyl (C=O) groups is 1. The highest BCUT2D eigenvalue weighted by Gasteiger charge is 2.26. The summed E-state index contributed by atoms with van der Waals surface area (Å²) < 4.78 is 0. The standard InChI is InChI=1S/C13H18N2O2/c1-3-15(8-10-5-6-10)12-11(13(16)17)7-4-9(2)14-12/h4,7,10H,3,5-6,8H2,1-2H3,(H,16,17). The van der Waals surface area contributed by atoms with Gasteiger partial charge in [-0.2, -0.15) is 0 Å². The van der Waals surface area contributed by atoms with E-state index < -0.39 is 5.97 Å². The van der Waals surface area contributed by atoms with E-state index in [4.69, 9.17) is 0 Å². The Morgan fingerprint density at radius 3 is 2.76 bits per heavy atom. The first-order valence-corrected chi connectivity index (χ1v) is 6.07. The number of nitrogens with zero attached hydrogens (tertiary/aromatic N) is 2. The second kappa shape index (κ2) is 4.73. The molecule has 0 spiro atoms. The highest BCUT2D eigenvalue weighted by atomic mass is 16.4. The normalized spacial score (nSPS) is 14.7. The fraction of sp³-hybridized carbons (Fsp3) is 0.538. The minimum atomic E-state index is -0.901. The van der Waals surface area contributed by atoms with Crippen LogP contribution >= 0.6 is 0 Å². The Bertz CT molecular complexity index is 427. The molecule has 0 radical (unpaired) electrons. The molecule has 92 valence electrons. The smallest absolute Gasteiger partial charge is 0.339 e. The van der Waals surface area contributed by atoms with E-state index >= 15 is 0 Å². The molecular formula is C13H18N2O2. The number of aromatic nitrogens is 1. The topological polar surface area (TPSA) is 53.4 Å². The molecule has 0 amide bonds. The van der Waals surface area contributed by atoms with Crippen LogP contribution in [-0.4, -0.2) is 29.1 Å². The van der Waals surface area contributed by atoms with Crippen LogP contribution in [0.25, 0.3) is 0 Å². The summed E-state index contributed by atoms with van der Waals surface area (Å²) in [5.74, 6) is 0.438. The Balaban J connectivity index is 2.31. The van der Waals surface area contributed by atoms with Crippen molar-refractivity contribution in [3.63, 3.8) is 0 Å². The summed E-state index contributed by atoms with van der Waals surface area (Å²) >= 11 is 0. The lowest BCUT2D eigenvalue weighted by molar-refractivity contribution is 0.0697. The van der Waals surface area contributed by atoms with Crippen molar-refractivity contribution < 1.29 is 9.90 Å². The van der Waals surface area contributed by atoms with E-state index in [0.29, 0.717) is 11.4 Å². The van der Waals surface area contributed by atoms with Crippen LogP contribution in [0.5, 0.6) is 0 Å². The molecule has 17 heavy (non-hydrogen) atoms. The monoisotopic (exact) mass is 234 g/mol. The molecule has 0 bridgehead atoms. The molecule has 4 nitrogen and oxygen atoms in total. The molecule has 0 saturated heterocycles. The molecule has 0 aliphatic heterocycles. The number of pyridine rings is 1. The zero-order chi connectivity index (χ0) is 12.4. The molecule has 4 heteroatoms. The second-order valence-electron chi connectivity index (χ2n) is 4.61. The van der Waals surface area contributed by atoms with Crippen molar-refractivity contribution >= 4 is 11.8 Å². The van der Waals surface area contributed by atoms with E-state index in [1.807, 2.05) is 13.8 Å². The molecule has 1 heterocycles. The first kappa shape index (κ1) is 11.9. The van der Waals surface area contributed by atoms with Crippen LogP contribution in [0.2, 0.25) is 0 Å². The number of aromatic carboxylic acids is 1. The van der Waals surface area contributed by atoms with E-state index in [2.05, 4.69) is 9.88 Å². The molecule has 0 unspecified atom stereocenters. The first-order valence-electron chi connectivity index (χ1n) is 6.07. The van der Waals surface area contributed by atoms with Gasteiger partial charge in [-0.05, 0) is 44.7 Å². The van der Waals surface area contributed by atoms with Gasteiger partial charge < -0.3 is 10.0 Å². The number of carboxylic acid groups (broad SMARTS) is 1. The minimum absolute atomic E-state index is 0.304. The quantitative estimate of drug-likeness (QED) is 0.849. The molecule has 1 aromatic rings. The third-order valence-corrected chi connectivity index (χ3v) is 3.10. The van der Waals surface area contributed by atoms with Gasteiger partial charge in [-0.1, -0.05) is 0 Å². The number of anilines is 1. The van der Waals surface area contributed by atoms with Gasteiger partial charge in [0.2, 0.25) is 0 Å². The zero-order valence-corrected chi connectivity index (χ0v) is 10.3. The van der Waals surface area contributed by atoms with Gasteiger partial charge >= 0.3 is 5.97 Å². The lowest BCUT2D eigenvalue weighted by Gasteiger charge is -2.23. The SMILES string of the molecule is CCN(CC1CC1)c1nc(C)ccc1C(=O)O. The lowest BCUT2D eigenvalue weighted by atomic mass is 10.2. The molecule has 1 N–H and O–H groups in total. The summed E-state index contributed by atoms with van der Waals surface area (Å²) in [5, 5.41) is 9.18. The maximum atomic E-state index is 11.2. The summed E-state index contributed by atoms with van der Waals surface area (Å²) in [7, 11) is 0. The fourth-order valence-corrected chi connectivity index (χ4v) is 1.93. The zero-order valence-electron chi connectivity index (χ0n) is 10.3. The molecule has 0 atom stereocenters. The highest BCUT2D eigenvalue weighted by Crippen LogP contribution is 2.31. The van der Waals surface area contributed by atoms with Crippen LogP contribution in [0.4, 0.5) is 5.82 Å². The average Bonchev–Trinajstić information content (AvgIpc) is 3.09. The Labute approximate surface area is 101 Å². The van der Waals surface area contributed by atoms with E-state index in [-0.39, 0.29) is 0 Å². The predicted molar refractivity (Wildman–Crippen MR) is 66.5 cm³/mol. The van der Waals surface area contributed by atoms with Crippen molar-refractivity contribution in [3.8, 4) is 0 Å². The van der Waals surface area contributed by atoms with Gasteiger partial charge in [-0.25, -0.2) is 9.78 Å². The van der Waals surface area contributed by atoms with Gasteiger partial charge in [-0.3, -0.25) is 0 Å². The van der Waals surface area contributed by atoms with Crippen LogP contribution in [0.1, 0.15) is 35.8 Å². The summed E-state index contributed by atoms with van der Waals surface area (Å²) in [6.07, 6.45) is 2.51. The van der Waals surface area contributed by atoms with Crippen molar-refractivity contribution in [2.75, 3.05) is 18.0 Å². The largest absolute Gasteiger partial charge is 0.478 e. The van der Waals surface area contributed by atoms with Gasteiger partial charge in [0, 0.05) is 18.8 Å². The fourth-order valence-electron chi connectivity index (χ4n) is 1.93. The van der Waals surface area contributed by atoms with Crippen molar-refractivity contribution in [2.45, 2.75) is 26.7 Å². The Morgan fingerprint density at radius 2 is 2.24 bits per heavy atom. The number of rotatable bonds is 5. The van der Waals surface area contributed by atoms with Gasteiger partial charge in [0.25, 0.3) is 0 Å². The van der Waals surface area contributed by atoms with E-state index in [1.165, 1.54) is 12.8 Å². The minimum Gasteiger partial charge on any atom is -0.478 e. The number of hydrogen-bond donors (Lipinski definition) is 1.